The first-order valence-electron chi connectivity index (χ1n) is 11.4. The lowest BCUT2D eigenvalue weighted by molar-refractivity contribution is -0.146. The third-order valence-electron chi connectivity index (χ3n) is 6.39. The number of esters is 1. The number of benzene rings is 2. The second-order valence-electron chi connectivity index (χ2n) is 8.62. The zero-order valence-corrected chi connectivity index (χ0v) is 20.2. The zero-order chi connectivity index (χ0) is 25.3. The number of ether oxygens (including phenoxy) is 2. The molecule has 8 nitrogen and oxygen atoms in total. The van der Waals surface area contributed by atoms with Gasteiger partial charge in [0.15, 0.2) is 6.10 Å². The Morgan fingerprint density at radius 2 is 1.91 bits per heavy atom. The number of nitrogens with zero attached hydrogens (tertiary/aromatic N) is 1. The molecule has 1 aliphatic heterocycles. The molecule has 0 fully saturated rings. The van der Waals surface area contributed by atoms with Crippen LogP contribution < -0.4 is 15.3 Å². The molecule has 0 aliphatic carbocycles. The lowest BCUT2D eigenvalue weighted by Gasteiger charge is -2.16. The number of amides is 1. The normalized spacial score (nSPS) is 13.4. The monoisotopic (exact) mass is 477 g/mol. The van der Waals surface area contributed by atoms with E-state index in [2.05, 4.69) is 0 Å². The summed E-state index contributed by atoms with van der Waals surface area (Å²) in [6.07, 6.45) is -0.240. The minimum absolute atomic E-state index is 0.0412. The van der Waals surface area contributed by atoms with Gasteiger partial charge in [0, 0.05) is 48.2 Å². The van der Waals surface area contributed by atoms with Crippen LogP contribution in [-0.4, -0.2) is 37.4 Å². The molecule has 4 rings (SSSR count). The van der Waals surface area contributed by atoms with Crippen molar-refractivity contribution in [2.75, 3.05) is 18.6 Å². The van der Waals surface area contributed by atoms with Crippen LogP contribution in [0.3, 0.4) is 0 Å². The lowest BCUT2D eigenvalue weighted by atomic mass is 10.0. The Bertz CT molecular complexity index is 1390. The highest BCUT2D eigenvalue weighted by molar-refractivity contribution is 6.02. The Balaban J connectivity index is 1.41. The number of fused-ring (bicyclic) bond motifs is 2. The Labute approximate surface area is 202 Å². The highest BCUT2D eigenvalue weighted by Crippen LogP contribution is 2.29. The minimum Gasteiger partial charge on any atom is -0.497 e. The number of Topliss-reactive ketones (excluding diaryl/α,β-unsaturated/α-hetero) is 1. The third-order valence-corrected chi connectivity index (χ3v) is 6.39. The highest BCUT2D eigenvalue weighted by Gasteiger charge is 2.25. The molecule has 0 spiro atoms. The fraction of sp³-hybridized carbons (Fsp3) is 0.333. The van der Waals surface area contributed by atoms with Gasteiger partial charge < -0.3 is 18.8 Å². The fourth-order valence-electron chi connectivity index (χ4n) is 4.44. The van der Waals surface area contributed by atoms with Crippen LogP contribution in [0.5, 0.6) is 5.75 Å². The third kappa shape index (κ3) is 4.82. The molecule has 1 aliphatic rings. The molecule has 1 atom stereocenters. The summed E-state index contributed by atoms with van der Waals surface area (Å²) in [7, 11) is 1.53. The van der Waals surface area contributed by atoms with E-state index in [9.17, 15) is 19.2 Å². The van der Waals surface area contributed by atoms with E-state index in [1.165, 1.54) is 21.0 Å². The van der Waals surface area contributed by atoms with Gasteiger partial charge in [-0.2, -0.15) is 0 Å². The van der Waals surface area contributed by atoms with E-state index in [1.807, 2.05) is 0 Å². The van der Waals surface area contributed by atoms with Crippen molar-refractivity contribution in [1.29, 1.82) is 0 Å². The molecule has 1 aromatic heterocycles. The van der Waals surface area contributed by atoms with Gasteiger partial charge in [-0.1, -0.05) is 0 Å². The summed E-state index contributed by atoms with van der Waals surface area (Å²) < 4.78 is 15.9. The van der Waals surface area contributed by atoms with Gasteiger partial charge in [0.2, 0.25) is 11.7 Å². The van der Waals surface area contributed by atoms with Gasteiger partial charge >= 0.3 is 11.6 Å². The summed E-state index contributed by atoms with van der Waals surface area (Å²) in [5.41, 5.74) is 3.18. The van der Waals surface area contributed by atoms with Crippen LogP contribution in [-0.2, 0) is 27.2 Å². The van der Waals surface area contributed by atoms with E-state index >= 15 is 0 Å². The number of carbonyl (C=O) groups excluding carboxylic acids is 3. The van der Waals surface area contributed by atoms with Crippen LogP contribution in [0.15, 0.2) is 45.6 Å². The van der Waals surface area contributed by atoms with Gasteiger partial charge in [0.25, 0.3) is 0 Å². The van der Waals surface area contributed by atoms with Crippen molar-refractivity contribution < 1.29 is 28.3 Å². The highest BCUT2D eigenvalue weighted by atomic mass is 16.5. The average Bonchev–Trinajstić information content (AvgIpc) is 3.26. The molecule has 3 aromatic rings. The van der Waals surface area contributed by atoms with E-state index in [0.717, 1.165) is 22.2 Å². The van der Waals surface area contributed by atoms with Crippen molar-refractivity contribution in [2.45, 2.75) is 46.1 Å². The van der Waals surface area contributed by atoms with E-state index in [-0.39, 0.29) is 24.5 Å². The number of anilines is 1. The van der Waals surface area contributed by atoms with Crippen LogP contribution in [0.25, 0.3) is 11.0 Å². The number of aryl methyl sites for hydroxylation is 1. The van der Waals surface area contributed by atoms with Gasteiger partial charge in [-0.15, -0.1) is 0 Å². The molecule has 1 amide bonds. The van der Waals surface area contributed by atoms with Gasteiger partial charge in [0.1, 0.15) is 11.3 Å². The predicted molar refractivity (Wildman–Crippen MR) is 130 cm³/mol. The van der Waals surface area contributed by atoms with Crippen molar-refractivity contribution in [1.82, 2.24) is 0 Å². The maximum absolute atomic E-state index is 12.8. The quantitative estimate of drug-likeness (QED) is 0.290. The molecule has 0 saturated carbocycles. The van der Waals surface area contributed by atoms with E-state index < -0.39 is 17.7 Å². The number of carbonyl (C=O) groups is 3. The van der Waals surface area contributed by atoms with Crippen molar-refractivity contribution >= 4 is 34.3 Å². The Kier molecular flexibility index (Phi) is 6.73. The summed E-state index contributed by atoms with van der Waals surface area (Å²) in [6, 6.07) is 10.4. The second-order valence-corrected chi connectivity index (χ2v) is 8.62. The number of hydrogen-bond donors (Lipinski definition) is 0. The average molecular weight is 478 g/mol. The summed E-state index contributed by atoms with van der Waals surface area (Å²) in [5, 5.41) is 0.761. The van der Waals surface area contributed by atoms with Crippen molar-refractivity contribution in [3.63, 3.8) is 0 Å². The second kappa shape index (κ2) is 9.74. The molecule has 8 heteroatoms. The Morgan fingerprint density at radius 3 is 2.63 bits per heavy atom. The largest absolute Gasteiger partial charge is 0.497 e. The molecule has 2 heterocycles. The minimum atomic E-state index is -0.979. The molecule has 35 heavy (non-hydrogen) atoms. The molecule has 0 radical (unpaired) electrons. The maximum atomic E-state index is 12.8. The van der Waals surface area contributed by atoms with Crippen LogP contribution in [0.2, 0.25) is 0 Å². The van der Waals surface area contributed by atoms with Crippen molar-refractivity contribution in [2.24, 2.45) is 0 Å². The van der Waals surface area contributed by atoms with Crippen molar-refractivity contribution in [3.05, 3.63) is 69.1 Å². The first-order valence-corrected chi connectivity index (χ1v) is 11.4. The van der Waals surface area contributed by atoms with E-state index in [4.69, 9.17) is 13.9 Å². The summed E-state index contributed by atoms with van der Waals surface area (Å²) in [6.45, 7) is 5.43. The van der Waals surface area contributed by atoms with Crippen LogP contribution in [0.1, 0.15) is 47.3 Å². The molecule has 0 N–H and O–H groups in total. The molecule has 1 unspecified atom stereocenters. The molecule has 0 bridgehead atoms. The standard InChI is InChI=1S/C27H27NO7/c1-15-21-7-6-20(33-4)14-24(21)35-27(32)22(15)8-10-25(30)34-16(2)26(31)19-5-9-23-18(13-19)11-12-28(23)17(3)29/h5-7,9,13-14,16H,8,10-12H2,1-4H3. The number of methoxy groups -OCH3 is 1. The Hall–Kier alpha value is -3.94. The maximum Gasteiger partial charge on any atom is 0.339 e. The lowest BCUT2D eigenvalue weighted by Crippen LogP contribution is -2.26. The van der Waals surface area contributed by atoms with Gasteiger partial charge in [0.05, 0.1) is 7.11 Å². The van der Waals surface area contributed by atoms with E-state index in [0.29, 0.717) is 35.4 Å². The molecular formula is C27H27NO7. The topological polar surface area (TPSA) is 103 Å². The smallest absolute Gasteiger partial charge is 0.339 e. The molecule has 0 saturated heterocycles. The Morgan fingerprint density at radius 1 is 1.14 bits per heavy atom. The van der Waals surface area contributed by atoms with E-state index in [1.54, 1.807) is 48.2 Å². The van der Waals surface area contributed by atoms with Crippen molar-refractivity contribution in [3.8, 4) is 5.75 Å². The van der Waals surface area contributed by atoms with Gasteiger partial charge in [-0.25, -0.2) is 4.79 Å². The molecular weight excluding hydrogens is 450 g/mol. The first kappa shape index (κ1) is 24.2. The van der Waals surface area contributed by atoms with Crippen LogP contribution >= 0.6 is 0 Å². The molecule has 2 aromatic carbocycles. The van der Waals surface area contributed by atoms with Crippen LogP contribution in [0.4, 0.5) is 5.69 Å². The molecule has 182 valence electrons. The van der Waals surface area contributed by atoms with Gasteiger partial charge in [-0.05, 0) is 68.1 Å². The van der Waals surface area contributed by atoms with Gasteiger partial charge in [-0.3, -0.25) is 14.4 Å². The summed E-state index contributed by atoms with van der Waals surface area (Å²) >= 11 is 0. The van der Waals surface area contributed by atoms with Crippen LogP contribution in [0, 0.1) is 6.92 Å². The number of rotatable bonds is 7. The first-order chi connectivity index (χ1) is 16.7. The predicted octanol–water partition coefficient (Wildman–Crippen LogP) is 3.77. The zero-order valence-electron chi connectivity index (χ0n) is 20.2. The fourth-order valence-corrected chi connectivity index (χ4v) is 4.44. The summed E-state index contributed by atoms with van der Waals surface area (Å²) in [4.78, 5) is 51.2. The number of ketones is 1. The SMILES string of the molecule is COc1ccc2c(C)c(CCC(=O)OC(C)C(=O)c3ccc4c(c3)CCN4C(C)=O)c(=O)oc2c1. The summed E-state index contributed by atoms with van der Waals surface area (Å²) in [5.74, 6) is -0.365. The number of hydrogen-bond acceptors (Lipinski definition) is 7.